The molecule has 0 fully saturated rings. The summed E-state index contributed by atoms with van der Waals surface area (Å²) in [5, 5.41) is 0. The van der Waals surface area contributed by atoms with Crippen molar-refractivity contribution in [3.8, 4) is 0 Å². The summed E-state index contributed by atoms with van der Waals surface area (Å²) in [4.78, 5) is 4.68. The molecule has 0 unspecified atom stereocenters. The lowest BCUT2D eigenvalue weighted by Gasteiger charge is -2.26. The van der Waals surface area contributed by atoms with Gasteiger partial charge in [-0.3, -0.25) is 0 Å². The van der Waals surface area contributed by atoms with Crippen molar-refractivity contribution in [2.24, 2.45) is 12.8 Å². The Hall–Kier alpha value is -1.35. The first-order chi connectivity index (χ1) is 8.09. The quantitative estimate of drug-likeness (QED) is 0.879. The van der Waals surface area contributed by atoms with E-state index >= 15 is 0 Å². The Balaban J connectivity index is 2.39. The summed E-state index contributed by atoms with van der Waals surface area (Å²) in [6, 6.07) is 8.22. The lowest BCUT2D eigenvalue weighted by Crippen LogP contribution is -2.41. The van der Waals surface area contributed by atoms with Gasteiger partial charge in [0.2, 0.25) is 0 Å². The van der Waals surface area contributed by atoms with E-state index in [-0.39, 0.29) is 5.54 Å². The summed E-state index contributed by atoms with van der Waals surface area (Å²) < 4.78 is 2.16. The molecule has 0 aliphatic rings. The first-order valence-corrected chi connectivity index (χ1v) is 6.29. The number of nitrogens with two attached hydrogens (primary N) is 1. The minimum absolute atomic E-state index is 0.130. The molecule has 1 aromatic carbocycles. The van der Waals surface area contributed by atoms with Crippen LogP contribution in [0.4, 0.5) is 0 Å². The highest BCUT2D eigenvalue weighted by Crippen LogP contribution is 2.21. The van der Waals surface area contributed by atoms with Crippen molar-refractivity contribution < 1.29 is 0 Å². The van der Waals surface area contributed by atoms with Gasteiger partial charge < -0.3 is 10.3 Å². The molecule has 2 N–H and O–H groups in total. The van der Waals surface area contributed by atoms with E-state index in [2.05, 4.69) is 42.6 Å². The van der Waals surface area contributed by atoms with Gasteiger partial charge in [-0.1, -0.05) is 26.0 Å². The molecular weight excluding hydrogens is 210 g/mol. The summed E-state index contributed by atoms with van der Waals surface area (Å²) in [7, 11) is 2.07. The number of fused-ring (bicyclic) bond motifs is 1. The van der Waals surface area contributed by atoms with Gasteiger partial charge in [-0.25, -0.2) is 4.98 Å². The molecular formula is C14H21N3. The van der Waals surface area contributed by atoms with E-state index in [0.717, 1.165) is 30.6 Å². The first kappa shape index (κ1) is 12.1. The molecule has 0 radical (unpaired) electrons. The summed E-state index contributed by atoms with van der Waals surface area (Å²) in [5.41, 5.74) is 8.47. The molecule has 17 heavy (non-hydrogen) atoms. The molecule has 3 heteroatoms. The lowest BCUT2D eigenvalue weighted by atomic mass is 9.90. The highest BCUT2D eigenvalue weighted by molar-refractivity contribution is 5.75. The van der Waals surface area contributed by atoms with Crippen LogP contribution in [0.15, 0.2) is 24.3 Å². The summed E-state index contributed by atoms with van der Waals surface area (Å²) in [6.07, 6.45) is 2.80. The van der Waals surface area contributed by atoms with Gasteiger partial charge in [0.25, 0.3) is 0 Å². The van der Waals surface area contributed by atoms with Crippen molar-refractivity contribution in [3.05, 3.63) is 30.1 Å². The maximum atomic E-state index is 6.37. The van der Waals surface area contributed by atoms with Gasteiger partial charge in [0.15, 0.2) is 0 Å². The van der Waals surface area contributed by atoms with Gasteiger partial charge >= 0.3 is 0 Å². The van der Waals surface area contributed by atoms with Crippen LogP contribution in [0.1, 0.15) is 32.5 Å². The third-order valence-electron chi connectivity index (χ3n) is 3.80. The number of rotatable bonds is 4. The molecule has 1 heterocycles. The second-order valence-corrected chi connectivity index (χ2v) is 4.82. The van der Waals surface area contributed by atoms with Crippen LogP contribution in [-0.2, 0) is 13.5 Å². The number of hydrogen-bond acceptors (Lipinski definition) is 2. The number of aryl methyl sites for hydroxylation is 1. The minimum Gasteiger partial charge on any atom is -0.331 e. The maximum absolute atomic E-state index is 6.37. The SMILES string of the molecule is CCC(N)(CC)Cc1nc2ccccc2n1C. The van der Waals surface area contributed by atoms with E-state index in [1.165, 1.54) is 5.52 Å². The van der Waals surface area contributed by atoms with Crippen LogP contribution >= 0.6 is 0 Å². The van der Waals surface area contributed by atoms with Crippen LogP contribution in [-0.4, -0.2) is 15.1 Å². The Morgan fingerprint density at radius 3 is 2.47 bits per heavy atom. The van der Waals surface area contributed by atoms with Crippen molar-refractivity contribution in [3.63, 3.8) is 0 Å². The molecule has 0 saturated carbocycles. The molecule has 2 rings (SSSR count). The average molecular weight is 231 g/mol. The molecule has 0 spiro atoms. The summed E-state index contributed by atoms with van der Waals surface area (Å²) in [5.74, 6) is 1.08. The second-order valence-electron chi connectivity index (χ2n) is 4.82. The smallest absolute Gasteiger partial charge is 0.111 e. The molecule has 0 saturated heterocycles. The van der Waals surface area contributed by atoms with Crippen LogP contribution in [0.3, 0.4) is 0 Å². The van der Waals surface area contributed by atoms with E-state index in [1.54, 1.807) is 0 Å². The second kappa shape index (κ2) is 4.49. The Labute approximate surface area is 103 Å². The molecule has 0 atom stereocenters. The van der Waals surface area contributed by atoms with Crippen LogP contribution < -0.4 is 5.73 Å². The van der Waals surface area contributed by atoms with Crippen LogP contribution in [0.2, 0.25) is 0 Å². The van der Waals surface area contributed by atoms with Crippen molar-refractivity contribution in [2.45, 2.75) is 38.6 Å². The monoisotopic (exact) mass is 231 g/mol. The van der Waals surface area contributed by atoms with Crippen LogP contribution in [0.25, 0.3) is 11.0 Å². The molecule has 0 aliphatic heterocycles. The van der Waals surface area contributed by atoms with Gasteiger partial charge in [0, 0.05) is 19.0 Å². The fraction of sp³-hybridized carbons (Fsp3) is 0.500. The fourth-order valence-corrected chi connectivity index (χ4v) is 2.17. The van der Waals surface area contributed by atoms with Crippen molar-refractivity contribution >= 4 is 11.0 Å². The van der Waals surface area contributed by atoms with Crippen molar-refractivity contribution in [2.75, 3.05) is 0 Å². The normalized spacial score (nSPS) is 12.2. The Bertz CT molecular complexity index is 509. The summed E-state index contributed by atoms with van der Waals surface area (Å²) >= 11 is 0. The van der Waals surface area contributed by atoms with Crippen LogP contribution in [0.5, 0.6) is 0 Å². The number of nitrogens with zero attached hydrogens (tertiary/aromatic N) is 2. The lowest BCUT2D eigenvalue weighted by molar-refractivity contribution is 0.382. The number of hydrogen-bond donors (Lipinski definition) is 1. The first-order valence-electron chi connectivity index (χ1n) is 6.29. The van der Waals surface area contributed by atoms with Gasteiger partial charge in [0.1, 0.15) is 5.82 Å². The molecule has 1 aromatic heterocycles. The van der Waals surface area contributed by atoms with Crippen molar-refractivity contribution in [1.82, 2.24) is 9.55 Å². The minimum atomic E-state index is -0.130. The van der Waals surface area contributed by atoms with Crippen molar-refractivity contribution in [1.29, 1.82) is 0 Å². The van der Waals surface area contributed by atoms with E-state index in [1.807, 2.05) is 12.1 Å². The Morgan fingerprint density at radius 1 is 1.24 bits per heavy atom. The van der Waals surface area contributed by atoms with Gasteiger partial charge in [-0.05, 0) is 25.0 Å². The van der Waals surface area contributed by atoms with E-state index in [4.69, 9.17) is 5.73 Å². The Morgan fingerprint density at radius 2 is 1.88 bits per heavy atom. The zero-order chi connectivity index (χ0) is 12.5. The van der Waals surface area contributed by atoms with E-state index in [0.29, 0.717) is 0 Å². The van der Waals surface area contributed by atoms with E-state index < -0.39 is 0 Å². The molecule has 0 amide bonds. The zero-order valence-electron chi connectivity index (χ0n) is 10.9. The number of benzene rings is 1. The standard InChI is InChI=1S/C14H21N3/c1-4-14(15,5-2)10-13-16-11-8-6-7-9-12(11)17(13)3/h6-9H,4-5,10,15H2,1-3H3. The molecule has 0 aliphatic carbocycles. The largest absolute Gasteiger partial charge is 0.331 e. The zero-order valence-corrected chi connectivity index (χ0v) is 10.9. The number of aromatic nitrogens is 2. The Kier molecular flexibility index (Phi) is 3.20. The highest BCUT2D eigenvalue weighted by atomic mass is 15.1. The van der Waals surface area contributed by atoms with Gasteiger partial charge in [0.05, 0.1) is 11.0 Å². The third-order valence-corrected chi connectivity index (χ3v) is 3.80. The molecule has 2 aromatic rings. The fourth-order valence-electron chi connectivity index (χ4n) is 2.17. The average Bonchev–Trinajstić information content (AvgIpc) is 2.67. The number of imidazole rings is 1. The number of para-hydroxylation sites is 2. The third kappa shape index (κ3) is 2.20. The maximum Gasteiger partial charge on any atom is 0.111 e. The predicted octanol–water partition coefficient (Wildman–Crippen LogP) is 2.63. The molecule has 92 valence electrons. The molecule has 3 nitrogen and oxygen atoms in total. The molecule has 0 bridgehead atoms. The predicted molar refractivity (Wildman–Crippen MR) is 71.9 cm³/mol. The highest BCUT2D eigenvalue weighted by Gasteiger charge is 2.23. The topological polar surface area (TPSA) is 43.8 Å². The van der Waals surface area contributed by atoms with Gasteiger partial charge in [-0.15, -0.1) is 0 Å². The van der Waals surface area contributed by atoms with Gasteiger partial charge in [-0.2, -0.15) is 0 Å². The van der Waals surface area contributed by atoms with E-state index in [9.17, 15) is 0 Å². The van der Waals surface area contributed by atoms with Crippen LogP contribution in [0, 0.1) is 0 Å². The summed E-state index contributed by atoms with van der Waals surface area (Å²) in [6.45, 7) is 4.29.